The second-order valence-corrected chi connectivity index (χ2v) is 10.9. The van der Waals surface area contributed by atoms with Gasteiger partial charge in [-0.05, 0) is 61.2 Å². The number of nitrogens with zero attached hydrogens (tertiary/aromatic N) is 4. The summed E-state index contributed by atoms with van der Waals surface area (Å²) < 4.78 is 5.56. The highest BCUT2D eigenvalue weighted by Crippen LogP contribution is 2.32. The molecule has 1 aromatic heterocycles. The number of nitro benzene ring substituents is 1. The Kier molecular flexibility index (Phi) is 9.71. The third kappa shape index (κ3) is 7.09. The van der Waals surface area contributed by atoms with E-state index >= 15 is 0 Å². The Balaban J connectivity index is 1.27. The van der Waals surface area contributed by atoms with Gasteiger partial charge in [0.2, 0.25) is 0 Å². The number of guanidine groups is 1. The molecule has 9 nitrogen and oxygen atoms in total. The van der Waals surface area contributed by atoms with Gasteiger partial charge in [-0.1, -0.05) is 41.4 Å². The van der Waals surface area contributed by atoms with Gasteiger partial charge in [-0.3, -0.25) is 15.1 Å². The number of piperazine rings is 1. The molecule has 3 aromatic carbocycles. The van der Waals surface area contributed by atoms with Gasteiger partial charge in [0, 0.05) is 84.2 Å². The molecular formula is C31H34Cl2N6O3. The van der Waals surface area contributed by atoms with E-state index in [4.69, 9.17) is 32.9 Å². The average molecular weight is 610 g/mol. The first-order valence-electron chi connectivity index (χ1n) is 14.1. The van der Waals surface area contributed by atoms with Gasteiger partial charge >= 0.3 is 5.69 Å². The summed E-state index contributed by atoms with van der Waals surface area (Å²) in [6.45, 7) is 6.50. The predicted molar refractivity (Wildman–Crippen MR) is 171 cm³/mol. The Morgan fingerprint density at radius 2 is 1.88 bits per heavy atom. The standard InChI is InChI=1S/C31H34Cl2N6O3/c1-2-42-30-21-25(8-9-29(30)39(40)41)37-16-18-38(19-17-37)31(36-14-11-23-6-7-24(32)20-27(23)33)35-13-10-22-4-3-5-28-26(22)12-15-34-28/h3-9,12,15,20-21,34H,2,10-11,13-14,16-19H2,1H3,(H,35,36). The molecule has 1 aliphatic rings. The quantitative estimate of drug-likeness (QED) is 0.0944. The maximum Gasteiger partial charge on any atom is 0.311 e. The van der Waals surface area contributed by atoms with Gasteiger partial charge in [-0.15, -0.1) is 0 Å². The smallest absolute Gasteiger partial charge is 0.311 e. The van der Waals surface area contributed by atoms with Crippen LogP contribution >= 0.6 is 23.2 Å². The van der Waals surface area contributed by atoms with E-state index in [9.17, 15) is 10.1 Å². The fourth-order valence-corrected chi connectivity index (χ4v) is 5.75. The fourth-order valence-electron chi connectivity index (χ4n) is 5.25. The molecule has 1 fully saturated rings. The van der Waals surface area contributed by atoms with Crippen molar-refractivity contribution in [2.75, 3.05) is 50.8 Å². The number of aromatic amines is 1. The molecule has 220 valence electrons. The summed E-state index contributed by atoms with van der Waals surface area (Å²) in [5, 5.41) is 17.5. The van der Waals surface area contributed by atoms with E-state index < -0.39 is 4.92 Å². The van der Waals surface area contributed by atoms with Crippen LogP contribution in [-0.4, -0.2) is 66.6 Å². The van der Waals surface area contributed by atoms with E-state index in [0.29, 0.717) is 35.4 Å². The highest BCUT2D eigenvalue weighted by Gasteiger charge is 2.23. The number of hydrogen-bond acceptors (Lipinski definition) is 5. The summed E-state index contributed by atoms with van der Waals surface area (Å²) in [6.07, 6.45) is 3.53. The second-order valence-electron chi connectivity index (χ2n) is 10.0. The number of aromatic nitrogens is 1. The van der Waals surface area contributed by atoms with Crippen molar-refractivity contribution in [2.45, 2.75) is 19.8 Å². The van der Waals surface area contributed by atoms with Crippen LogP contribution in [0, 0.1) is 10.1 Å². The number of nitrogens with one attached hydrogen (secondary N) is 2. The third-order valence-corrected chi connectivity index (χ3v) is 7.99. The first kappa shape index (κ1) is 29.5. The van der Waals surface area contributed by atoms with E-state index in [-0.39, 0.29) is 5.69 Å². The molecule has 0 amide bonds. The van der Waals surface area contributed by atoms with Crippen molar-refractivity contribution in [1.29, 1.82) is 0 Å². The highest BCUT2D eigenvalue weighted by molar-refractivity contribution is 6.35. The molecule has 0 atom stereocenters. The molecule has 1 saturated heterocycles. The molecular weight excluding hydrogens is 575 g/mol. The fraction of sp³-hybridized carbons (Fsp3) is 0.323. The summed E-state index contributed by atoms with van der Waals surface area (Å²) in [5.74, 6) is 1.16. The minimum absolute atomic E-state index is 0.0195. The summed E-state index contributed by atoms with van der Waals surface area (Å²) >= 11 is 12.5. The SMILES string of the molecule is CCOc1cc(N2CCN(C(=NCCc3ccc(Cl)cc3Cl)NCCc3cccc4[nH]ccc34)CC2)ccc1[N+](=O)[O-]. The van der Waals surface area contributed by atoms with Crippen molar-refractivity contribution in [3.63, 3.8) is 0 Å². The molecule has 2 heterocycles. The van der Waals surface area contributed by atoms with Crippen LogP contribution < -0.4 is 15.0 Å². The van der Waals surface area contributed by atoms with Gasteiger partial charge in [0.05, 0.1) is 11.5 Å². The molecule has 0 bridgehead atoms. The number of ether oxygens (including phenoxy) is 1. The minimum Gasteiger partial charge on any atom is -0.487 e. The zero-order valence-electron chi connectivity index (χ0n) is 23.5. The Morgan fingerprint density at radius 1 is 1.05 bits per heavy atom. The number of fused-ring (bicyclic) bond motifs is 1. The molecule has 0 radical (unpaired) electrons. The van der Waals surface area contributed by atoms with Gasteiger partial charge in [-0.25, -0.2) is 0 Å². The molecule has 42 heavy (non-hydrogen) atoms. The summed E-state index contributed by atoms with van der Waals surface area (Å²) in [5.41, 5.74) is 4.32. The number of rotatable bonds is 10. The van der Waals surface area contributed by atoms with Crippen LogP contribution in [0.25, 0.3) is 10.9 Å². The molecule has 0 unspecified atom stereocenters. The maximum absolute atomic E-state index is 11.4. The number of halogens is 2. The van der Waals surface area contributed by atoms with Crippen LogP contribution in [0.5, 0.6) is 5.75 Å². The van der Waals surface area contributed by atoms with Gasteiger partial charge in [0.15, 0.2) is 11.7 Å². The van der Waals surface area contributed by atoms with Gasteiger partial charge in [0.25, 0.3) is 0 Å². The van der Waals surface area contributed by atoms with Crippen LogP contribution in [0.3, 0.4) is 0 Å². The summed E-state index contributed by atoms with van der Waals surface area (Å²) in [7, 11) is 0. The molecule has 0 spiro atoms. The molecule has 0 saturated carbocycles. The largest absolute Gasteiger partial charge is 0.487 e. The zero-order chi connectivity index (χ0) is 29.5. The summed E-state index contributed by atoms with van der Waals surface area (Å²) in [6, 6.07) is 19.1. The van der Waals surface area contributed by atoms with E-state index in [2.05, 4.69) is 44.4 Å². The van der Waals surface area contributed by atoms with Crippen molar-refractivity contribution in [3.05, 3.63) is 98.1 Å². The van der Waals surface area contributed by atoms with Crippen LogP contribution in [-0.2, 0) is 12.8 Å². The number of benzene rings is 3. The number of nitro groups is 1. The van der Waals surface area contributed by atoms with Crippen LogP contribution in [0.4, 0.5) is 11.4 Å². The van der Waals surface area contributed by atoms with Crippen molar-refractivity contribution in [2.24, 2.45) is 4.99 Å². The molecule has 11 heteroatoms. The van der Waals surface area contributed by atoms with Crippen molar-refractivity contribution in [1.82, 2.24) is 15.2 Å². The lowest BCUT2D eigenvalue weighted by atomic mass is 10.1. The number of hydrogen-bond donors (Lipinski definition) is 2. The van der Waals surface area contributed by atoms with E-state index in [0.717, 1.165) is 61.9 Å². The van der Waals surface area contributed by atoms with Crippen LogP contribution in [0.1, 0.15) is 18.1 Å². The normalized spacial score (nSPS) is 13.9. The first-order chi connectivity index (χ1) is 20.4. The Morgan fingerprint density at radius 3 is 2.64 bits per heavy atom. The molecule has 4 aromatic rings. The summed E-state index contributed by atoms with van der Waals surface area (Å²) in [4.78, 5) is 23.8. The van der Waals surface area contributed by atoms with Crippen LogP contribution in [0.2, 0.25) is 10.0 Å². The number of H-pyrrole nitrogens is 1. The van der Waals surface area contributed by atoms with Crippen molar-refractivity contribution < 1.29 is 9.66 Å². The Labute approximate surface area is 255 Å². The number of aliphatic imine (C=N–C) groups is 1. The third-order valence-electron chi connectivity index (χ3n) is 7.40. The predicted octanol–water partition coefficient (Wildman–Crippen LogP) is 6.33. The topological polar surface area (TPSA) is 99.0 Å². The lowest BCUT2D eigenvalue weighted by Crippen LogP contribution is -2.53. The molecule has 5 rings (SSSR count). The molecule has 2 N–H and O–H groups in total. The monoisotopic (exact) mass is 608 g/mol. The average Bonchev–Trinajstić information content (AvgIpc) is 3.47. The molecule has 0 aliphatic carbocycles. The number of anilines is 1. The van der Waals surface area contributed by atoms with E-state index in [1.807, 2.05) is 25.3 Å². The highest BCUT2D eigenvalue weighted by atomic mass is 35.5. The van der Waals surface area contributed by atoms with Gasteiger partial charge < -0.3 is 24.8 Å². The Hall–Kier alpha value is -3.95. The van der Waals surface area contributed by atoms with E-state index in [1.54, 1.807) is 18.2 Å². The van der Waals surface area contributed by atoms with E-state index in [1.165, 1.54) is 17.0 Å². The minimum atomic E-state index is -0.408. The molecule has 1 aliphatic heterocycles. The van der Waals surface area contributed by atoms with Crippen molar-refractivity contribution >= 4 is 51.4 Å². The lowest BCUT2D eigenvalue weighted by Gasteiger charge is -2.38. The maximum atomic E-state index is 11.4. The van der Waals surface area contributed by atoms with Crippen molar-refractivity contribution in [3.8, 4) is 5.75 Å². The second kappa shape index (κ2) is 13.8. The van der Waals surface area contributed by atoms with Gasteiger partial charge in [0.1, 0.15) is 0 Å². The Bertz CT molecular complexity index is 1570. The lowest BCUT2D eigenvalue weighted by molar-refractivity contribution is -0.385. The zero-order valence-corrected chi connectivity index (χ0v) is 25.0. The first-order valence-corrected chi connectivity index (χ1v) is 14.9. The van der Waals surface area contributed by atoms with Gasteiger partial charge in [-0.2, -0.15) is 0 Å². The van der Waals surface area contributed by atoms with Crippen LogP contribution in [0.15, 0.2) is 71.9 Å².